The molecule has 1 fully saturated rings. The van der Waals surface area contributed by atoms with Crippen LogP contribution in [0.5, 0.6) is 0 Å². The lowest BCUT2D eigenvalue weighted by Gasteiger charge is -2.22. The van der Waals surface area contributed by atoms with Gasteiger partial charge < -0.3 is 5.32 Å². The lowest BCUT2D eigenvalue weighted by atomic mass is 9.94. The van der Waals surface area contributed by atoms with E-state index in [0.717, 1.165) is 12.8 Å². The van der Waals surface area contributed by atoms with E-state index in [2.05, 4.69) is 5.32 Å². The van der Waals surface area contributed by atoms with Crippen LogP contribution in [0.2, 0.25) is 0 Å². The van der Waals surface area contributed by atoms with Crippen LogP contribution in [0, 0.1) is 0 Å². The number of ketones is 1. The summed E-state index contributed by atoms with van der Waals surface area (Å²) in [5.41, 5.74) is 0.680. The van der Waals surface area contributed by atoms with Crippen molar-refractivity contribution in [3.05, 3.63) is 35.9 Å². The summed E-state index contributed by atoms with van der Waals surface area (Å²) in [5.74, 6) is 0.269. The number of rotatable bonds is 2. The third kappa shape index (κ3) is 2.69. The van der Waals surface area contributed by atoms with Gasteiger partial charge in [-0.25, -0.2) is 0 Å². The van der Waals surface area contributed by atoms with E-state index in [1.165, 1.54) is 0 Å². The van der Waals surface area contributed by atoms with Gasteiger partial charge in [0.25, 0.3) is 5.91 Å². The Morgan fingerprint density at radius 1 is 1.12 bits per heavy atom. The number of carbonyl (C=O) groups excluding carboxylic acids is 2. The van der Waals surface area contributed by atoms with E-state index >= 15 is 0 Å². The van der Waals surface area contributed by atoms with Crippen molar-refractivity contribution < 1.29 is 9.59 Å². The van der Waals surface area contributed by atoms with E-state index < -0.39 is 0 Å². The van der Waals surface area contributed by atoms with Gasteiger partial charge in [0.1, 0.15) is 5.78 Å². The molecule has 3 nitrogen and oxygen atoms in total. The van der Waals surface area contributed by atoms with E-state index in [1.54, 1.807) is 12.1 Å². The van der Waals surface area contributed by atoms with Crippen molar-refractivity contribution in [2.75, 3.05) is 0 Å². The van der Waals surface area contributed by atoms with Crippen LogP contribution in [-0.2, 0) is 4.79 Å². The summed E-state index contributed by atoms with van der Waals surface area (Å²) in [6, 6.07) is 9.33. The minimum Gasteiger partial charge on any atom is -0.349 e. The summed E-state index contributed by atoms with van der Waals surface area (Å²) in [6.45, 7) is 0. The molecule has 3 heteroatoms. The minimum atomic E-state index is -0.0417. The zero-order valence-electron chi connectivity index (χ0n) is 9.11. The summed E-state index contributed by atoms with van der Waals surface area (Å²) < 4.78 is 0. The third-order valence-corrected chi connectivity index (χ3v) is 2.91. The lowest BCUT2D eigenvalue weighted by molar-refractivity contribution is -0.120. The smallest absolute Gasteiger partial charge is 0.251 e. The second-order valence-electron chi connectivity index (χ2n) is 4.15. The van der Waals surface area contributed by atoms with Crippen LogP contribution in [0.15, 0.2) is 30.3 Å². The minimum absolute atomic E-state index is 0.0417. The molecule has 0 aliphatic heterocycles. The Kier molecular flexibility index (Phi) is 3.34. The molecule has 1 N–H and O–H groups in total. The average molecular weight is 217 g/mol. The van der Waals surface area contributed by atoms with Crippen LogP contribution in [0.25, 0.3) is 0 Å². The first-order valence-electron chi connectivity index (χ1n) is 5.63. The molecular formula is C13H15NO2. The van der Waals surface area contributed by atoms with E-state index in [0.29, 0.717) is 24.2 Å². The maximum atomic E-state index is 11.8. The van der Waals surface area contributed by atoms with Crippen molar-refractivity contribution in [1.82, 2.24) is 5.32 Å². The fraction of sp³-hybridized carbons (Fsp3) is 0.385. The van der Waals surface area contributed by atoms with E-state index in [4.69, 9.17) is 0 Å². The van der Waals surface area contributed by atoms with Crippen molar-refractivity contribution in [1.29, 1.82) is 0 Å². The lowest BCUT2D eigenvalue weighted by Crippen LogP contribution is -2.37. The van der Waals surface area contributed by atoms with Gasteiger partial charge >= 0.3 is 0 Å². The topological polar surface area (TPSA) is 46.2 Å². The molecule has 1 aromatic rings. The summed E-state index contributed by atoms with van der Waals surface area (Å²) in [7, 11) is 0. The quantitative estimate of drug-likeness (QED) is 0.822. The van der Waals surface area contributed by atoms with Crippen LogP contribution in [0.3, 0.4) is 0 Å². The highest BCUT2D eigenvalue weighted by molar-refractivity contribution is 5.94. The first-order valence-corrected chi connectivity index (χ1v) is 5.63. The molecule has 0 bridgehead atoms. The number of amides is 1. The number of carbonyl (C=O) groups is 2. The fourth-order valence-electron chi connectivity index (χ4n) is 1.94. The highest BCUT2D eigenvalue weighted by Gasteiger charge is 2.20. The number of Topliss-reactive ketones (excluding diaryl/α,β-unsaturated/α-hetero) is 1. The molecule has 0 spiro atoms. The Labute approximate surface area is 94.9 Å². The van der Waals surface area contributed by atoms with Gasteiger partial charge in [0.05, 0.1) is 0 Å². The molecular weight excluding hydrogens is 202 g/mol. The van der Waals surface area contributed by atoms with E-state index in [1.807, 2.05) is 18.2 Å². The average Bonchev–Trinajstić information content (AvgIpc) is 2.33. The van der Waals surface area contributed by atoms with Crippen LogP contribution < -0.4 is 5.32 Å². The van der Waals surface area contributed by atoms with Gasteiger partial charge in [-0.1, -0.05) is 18.2 Å². The second kappa shape index (κ2) is 4.92. The van der Waals surface area contributed by atoms with E-state index in [-0.39, 0.29) is 11.9 Å². The first kappa shape index (κ1) is 10.9. The number of hydrogen-bond acceptors (Lipinski definition) is 2. The molecule has 0 unspecified atom stereocenters. The van der Waals surface area contributed by atoms with Crippen molar-refractivity contribution >= 4 is 11.7 Å². The standard InChI is InChI=1S/C13H15NO2/c15-12-8-6-11(7-9-12)14-13(16)10-4-2-1-3-5-10/h1-5,11H,6-9H2,(H,14,16). The molecule has 0 radical (unpaired) electrons. The highest BCUT2D eigenvalue weighted by Crippen LogP contribution is 2.15. The molecule has 0 saturated heterocycles. The van der Waals surface area contributed by atoms with Gasteiger partial charge in [-0.05, 0) is 25.0 Å². The fourth-order valence-corrected chi connectivity index (χ4v) is 1.94. The number of benzene rings is 1. The van der Waals surface area contributed by atoms with E-state index in [9.17, 15) is 9.59 Å². The SMILES string of the molecule is O=C1CCC(NC(=O)c2ccccc2)CC1. The maximum Gasteiger partial charge on any atom is 0.251 e. The summed E-state index contributed by atoms with van der Waals surface area (Å²) >= 11 is 0. The van der Waals surface area contributed by atoms with Crippen molar-refractivity contribution in [3.63, 3.8) is 0 Å². The highest BCUT2D eigenvalue weighted by atomic mass is 16.1. The Bertz CT molecular complexity index is 376. The van der Waals surface area contributed by atoms with Gasteiger partial charge in [0, 0.05) is 24.4 Å². The van der Waals surface area contributed by atoms with Crippen LogP contribution in [0.4, 0.5) is 0 Å². The molecule has 16 heavy (non-hydrogen) atoms. The molecule has 0 heterocycles. The maximum absolute atomic E-state index is 11.8. The molecule has 0 atom stereocenters. The van der Waals surface area contributed by atoms with Gasteiger partial charge in [-0.3, -0.25) is 9.59 Å². The van der Waals surface area contributed by atoms with Crippen LogP contribution in [-0.4, -0.2) is 17.7 Å². The van der Waals surface area contributed by atoms with Gasteiger partial charge in [-0.2, -0.15) is 0 Å². The largest absolute Gasteiger partial charge is 0.349 e. The van der Waals surface area contributed by atoms with Crippen LogP contribution in [0.1, 0.15) is 36.0 Å². The predicted molar refractivity (Wildman–Crippen MR) is 61.2 cm³/mol. The van der Waals surface area contributed by atoms with Crippen molar-refractivity contribution in [2.24, 2.45) is 0 Å². The predicted octanol–water partition coefficient (Wildman–Crippen LogP) is 1.93. The zero-order valence-corrected chi connectivity index (χ0v) is 9.11. The molecule has 84 valence electrons. The third-order valence-electron chi connectivity index (χ3n) is 2.91. The van der Waals surface area contributed by atoms with Crippen molar-refractivity contribution in [3.8, 4) is 0 Å². The molecule has 1 aliphatic carbocycles. The van der Waals surface area contributed by atoms with Gasteiger partial charge in [0.15, 0.2) is 0 Å². The molecule has 1 aromatic carbocycles. The second-order valence-corrected chi connectivity index (χ2v) is 4.15. The normalized spacial score (nSPS) is 17.1. The van der Waals surface area contributed by atoms with Gasteiger partial charge in [0.2, 0.25) is 0 Å². The monoisotopic (exact) mass is 217 g/mol. The number of nitrogens with one attached hydrogen (secondary N) is 1. The molecule has 2 rings (SSSR count). The summed E-state index contributed by atoms with van der Waals surface area (Å²) in [4.78, 5) is 22.9. The Morgan fingerprint density at radius 2 is 1.75 bits per heavy atom. The van der Waals surface area contributed by atoms with Gasteiger partial charge in [-0.15, -0.1) is 0 Å². The number of hydrogen-bond donors (Lipinski definition) is 1. The molecule has 1 saturated carbocycles. The summed E-state index contributed by atoms with van der Waals surface area (Å²) in [5, 5.41) is 2.96. The Morgan fingerprint density at radius 3 is 2.38 bits per heavy atom. The molecule has 1 aliphatic rings. The summed E-state index contributed by atoms with van der Waals surface area (Å²) in [6.07, 6.45) is 2.74. The van der Waals surface area contributed by atoms with Crippen molar-refractivity contribution in [2.45, 2.75) is 31.7 Å². The van der Waals surface area contributed by atoms with Crippen LogP contribution >= 0.6 is 0 Å². The Hall–Kier alpha value is -1.64. The molecule has 0 aromatic heterocycles. The zero-order chi connectivity index (χ0) is 11.4. The Balaban J connectivity index is 1.91. The molecule has 1 amide bonds. The first-order chi connectivity index (χ1) is 7.75.